The van der Waals surface area contributed by atoms with Crippen molar-refractivity contribution in [3.05, 3.63) is 60.6 Å². The molecule has 3 aromatic heterocycles. The van der Waals surface area contributed by atoms with Crippen LogP contribution < -0.4 is 15.5 Å². The predicted molar refractivity (Wildman–Crippen MR) is 111 cm³/mol. The molecule has 3 aromatic rings. The van der Waals surface area contributed by atoms with Crippen molar-refractivity contribution >= 4 is 23.4 Å². The summed E-state index contributed by atoms with van der Waals surface area (Å²) in [6, 6.07) is 11.2. The zero-order chi connectivity index (χ0) is 19.3. The average Bonchev–Trinajstić information content (AvgIpc) is 2.69. The first-order valence-electron chi connectivity index (χ1n) is 9.37. The van der Waals surface area contributed by atoms with Gasteiger partial charge in [0.1, 0.15) is 5.82 Å². The first kappa shape index (κ1) is 17.9. The number of rotatable bonds is 2. The number of hydrogen-bond donors (Lipinski definition) is 2. The Labute approximate surface area is 163 Å². The standard InChI is InChI=1S/C21H22N6O/c1-15-12-16(14-22-13-15)17-7-8-18-20(25-17)27(11-5-4-9-23-18)21(28)26-19-6-2-3-10-24-19/h2-3,6-8,10,12-14,23H,4-5,9,11H2,1H3,(H,24,26,28). The number of pyridine rings is 3. The van der Waals surface area contributed by atoms with Crippen LogP contribution in [0, 0.1) is 6.92 Å². The van der Waals surface area contributed by atoms with Crippen LogP contribution >= 0.6 is 0 Å². The number of fused-ring (bicyclic) bond motifs is 1. The summed E-state index contributed by atoms with van der Waals surface area (Å²) in [7, 11) is 0. The summed E-state index contributed by atoms with van der Waals surface area (Å²) >= 11 is 0. The predicted octanol–water partition coefficient (Wildman–Crippen LogP) is 4.09. The summed E-state index contributed by atoms with van der Waals surface area (Å²) in [6.07, 6.45) is 7.12. The molecular formula is C21H22N6O. The first-order chi connectivity index (χ1) is 13.7. The first-order valence-corrected chi connectivity index (χ1v) is 9.37. The van der Waals surface area contributed by atoms with Gasteiger partial charge in [0, 0.05) is 37.2 Å². The van der Waals surface area contributed by atoms with Gasteiger partial charge in [-0.25, -0.2) is 14.8 Å². The molecule has 142 valence electrons. The Bertz CT molecular complexity index is 976. The van der Waals surface area contributed by atoms with Gasteiger partial charge < -0.3 is 5.32 Å². The van der Waals surface area contributed by atoms with Crippen LogP contribution in [0.2, 0.25) is 0 Å². The van der Waals surface area contributed by atoms with Crippen molar-refractivity contribution in [2.75, 3.05) is 28.6 Å². The third-order valence-corrected chi connectivity index (χ3v) is 4.57. The van der Waals surface area contributed by atoms with Crippen molar-refractivity contribution in [3.8, 4) is 11.3 Å². The second-order valence-corrected chi connectivity index (χ2v) is 6.75. The SMILES string of the molecule is Cc1cncc(-c2ccc3c(n2)N(C(=O)Nc2ccccn2)CCCCN3)c1. The molecule has 1 aliphatic heterocycles. The maximum absolute atomic E-state index is 13.0. The van der Waals surface area contributed by atoms with Gasteiger partial charge in [-0.15, -0.1) is 0 Å². The molecule has 0 unspecified atom stereocenters. The Kier molecular flexibility index (Phi) is 5.14. The number of nitrogens with one attached hydrogen (secondary N) is 2. The number of carbonyl (C=O) groups is 1. The largest absolute Gasteiger partial charge is 0.382 e. The number of aromatic nitrogens is 3. The Morgan fingerprint density at radius 3 is 2.93 bits per heavy atom. The normalized spacial score (nSPS) is 13.7. The lowest BCUT2D eigenvalue weighted by Crippen LogP contribution is -2.38. The third kappa shape index (κ3) is 3.93. The van der Waals surface area contributed by atoms with Crippen molar-refractivity contribution in [1.29, 1.82) is 0 Å². The second-order valence-electron chi connectivity index (χ2n) is 6.75. The van der Waals surface area contributed by atoms with Crippen LogP contribution in [0.5, 0.6) is 0 Å². The highest BCUT2D eigenvalue weighted by molar-refractivity contribution is 6.02. The van der Waals surface area contributed by atoms with E-state index in [1.165, 1.54) is 0 Å². The highest BCUT2D eigenvalue weighted by Crippen LogP contribution is 2.30. The molecular weight excluding hydrogens is 352 g/mol. The lowest BCUT2D eigenvalue weighted by atomic mass is 10.1. The Balaban J connectivity index is 1.70. The van der Waals surface area contributed by atoms with Gasteiger partial charge in [-0.05, 0) is 55.7 Å². The number of hydrogen-bond acceptors (Lipinski definition) is 5. The van der Waals surface area contributed by atoms with Crippen LogP contribution in [-0.2, 0) is 0 Å². The molecule has 0 radical (unpaired) electrons. The molecule has 0 spiro atoms. The van der Waals surface area contributed by atoms with E-state index in [4.69, 9.17) is 4.98 Å². The topological polar surface area (TPSA) is 83.0 Å². The monoisotopic (exact) mass is 374 g/mol. The van der Waals surface area contributed by atoms with Gasteiger partial charge in [0.25, 0.3) is 0 Å². The highest BCUT2D eigenvalue weighted by Gasteiger charge is 2.23. The van der Waals surface area contributed by atoms with E-state index in [1.807, 2.05) is 43.5 Å². The Morgan fingerprint density at radius 2 is 2.11 bits per heavy atom. The average molecular weight is 374 g/mol. The van der Waals surface area contributed by atoms with Crippen molar-refractivity contribution in [2.24, 2.45) is 0 Å². The van der Waals surface area contributed by atoms with Gasteiger partial charge >= 0.3 is 6.03 Å². The molecule has 0 saturated heterocycles. The summed E-state index contributed by atoms with van der Waals surface area (Å²) < 4.78 is 0. The van der Waals surface area contributed by atoms with Crippen molar-refractivity contribution in [1.82, 2.24) is 15.0 Å². The van der Waals surface area contributed by atoms with Gasteiger partial charge in [0.05, 0.1) is 11.4 Å². The molecule has 0 saturated carbocycles. The minimum absolute atomic E-state index is 0.240. The Morgan fingerprint density at radius 1 is 1.18 bits per heavy atom. The molecule has 4 heterocycles. The van der Waals surface area contributed by atoms with Crippen LogP contribution in [0.15, 0.2) is 55.0 Å². The van der Waals surface area contributed by atoms with Gasteiger partial charge in [-0.2, -0.15) is 0 Å². The van der Waals surface area contributed by atoms with E-state index < -0.39 is 0 Å². The summed E-state index contributed by atoms with van der Waals surface area (Å²) in [5, 5.41) is 6.25. The maximum Gasteiger partial charge on any atom is 0.328 e. The summed E-state index contributed by atoms with van der Waals surface area (Å²) in [4.78, 5) is 27.9. The number of carbonyl (C=O) groups excluding carboxylic acids is 1. The van der Waals surface area contributed by atoms with Crippen LogP contribution in [-0.4, -0.2) is 34.1 Å². The zero-order valence-corrected chi connectivity index (χ0v) is 15.7. The summed E-state index contributed by atoms with van der Waals surface area (Å²) in [5.74, 6) is 1.13. The number of anilines is 3. The molecule has 28 heavy (non-hydrogen) atoms. The van der Waals surface area contributed by atoms with E-state index in [2.05, 4.69) is 20.6 Å². The van der Waals surface area contributed by atoms with E-state index >= 15 is 0 Å². The van der Waals surface area contributed by atoms with Crippen LogP contribution in [0.3, 0.4) is 0 Å². The molecule has 2 amide bonds. The van der Waals surface area contributed by atoms with Gasteiger partial charge in [0.15, 0.2) is 5.82 Å². The number of aryl methyl sites for hydroxylation is 1. The van der Waals surface area contributed by atoms with Crippen LogP contribution in [0.4, 0.5) is 22.1 Å². The molecule has 1 aliphatic rings. The van der Waals surface area contributed by atoms with Crippen molar-refractivity contribution in [2.45, 2.75) is 19.8 Å². The van der Waals surface area contributed by atoms with Gasteiger partial charge in [-0.1, -0.05) is 6.07 Å². The van der Waals surface area contributed by atoms with E-state index in [1.54, 1.807) is 23.4 Å². The fourth-order valence-electron chi connectivity index (χ4n) is 3.18. The summed E-state index contributed by atoms with van der Waals surface area (Å²) in [5.41, 5.74) is 3.62. The smallest absolute Gasteiger partial charge is 0.328 e. The van der Waals surface area contributed by atoms with E-state index in [0.29, 0.717) is 18.2 Å². The molecule has 0 fully saturated rings. The number of urea groups is 1. The number of amides is 2. The molecule has 7 nitrogen and oxygen atoms in total. The molecule has 4 rings (SSSR count). The lowest BCUT2D eigenvalue weighted by molar-refractivity contribution is 0.256. The fourth-order valence-corrected chi connectivity index (χ4v) is 3.18. The van der Waals surface area contributed by atoms with Gasteiger partial charge in [-0.3, -0.25) is 15.2 Å². The van der Waals surface area contributed by atoms with Gasteiger partial charge in [0.2, 0.25) is 0 Å². The number of nitrogens with zero attached hydrogens (tertiary/aromatic N) is 4. The maximum atomic E-state index is 13.0. The molecule has 0 atom stereocenters. The molecule has 7 heteroatoms. The molecule has 0 aromatic carbocycles. The fraction of sp³-hybridized carbons (Fsp3) is 0.238. The van der Waals surface area contributed by atoms with Crippen molar-refractivity contribution in [3.63, 3.8) is 0 Å². The lowest BCUT2D eigenvalue weighted by Gasteiger charge is -2.27. The quantitative estimate of drug-likeness (QED) is 0.706. The van der Waals surface area contributed by atoms with Crippen LogP contribution in [0.25, 0.3) is 11.3 Å². The second kappa shape index (κ2) is 8.04. The zero-order valence-electron chi connectivity index (χ0n) is 15.7. The van der Waals surface area contributed by atoms with E-state index in [-0.39, 0.29) is 6.03 Å². The van der Waals surface area contributed by atoms with Crippen molar-refractivity contribution < 1.29 is 4.79 Å². The highest BCUT2D eigenvalue weighted by atomic mass is 16.2. The van der Waals surface area contributed by atoms with Crippen LogP contribution in [0.1, 0.15) is 18.4 Å². The van der Waals surface area contributed by atoms with E-state index in [9.17, 15) is 4.79 Å². The van der Waals surface area contributed by atoms with E-state index in [0.717, 1.165) is 41.9 Å². The third-order valence-electron chi connectivity index (χ3n) is 4.57. The molecule has 0 aliphatic carbocycles. The Hall–Kier alpha value is -3.48. The minimum atomic E-state index is -0.240. The summed E-state index contributed by atoms with van der Waals surface area (Å²) in [6.45, 7) is 3.45. The minimum Gasteiger partial charge on any atom is -0.382 e. The molecule has 0 bridgehead atoms. The molecule has 2 N–H and O–H groups in total.